The summed E-state index contributed by atoms with van der Waals surface area (Å²) >= 11 is 1.86. The summed E-state index contributed by atoms with van der Waals surface area (Å²) in [4.78, 5) is 1.46. The Balaban J connectivity index is 2.13. The van der Waals surface area contributed by atoms with Crippen molar-refractivity contribution in [2.24, 2.45) is 0 Å². The van der Waals surface area contributed by atoms with Gasteiger partial charge in [-0.25, -0.2) is 0 Å². The Bertz CT molecular complexity index is 342. The van der Waals surface area contributed by atoms with Crippen molar-refractivity contribution in [3.63, 3.8) is 0 Å². The Hall–Kier alpha value is -0.380. The van der Waals surface area contributed by atoms with Crippen LogP contribution in [0.25, 0.3) is 0 Å². The monoisotopic (exact) mass is 281 g/mol. The average Bonchev–Trinajstić information content (AvgIpc) is 2.82. The molecule has 1 aliphatic carbocycles. The van der Waals surface area contributed by atoms with Crippen LogP contribution in [0.3, 0.4) is 0 Å². The van der Waals surface area contributed by atoms with E-state index in [4.69, 9.17) is 4.74 Å². The molecule has 1 aromatic rings. The van der Waals surface area contributed by atoms with Gasteiger partial charge in [-0.2, -0.15) is 0 Å². The SMILES string of the molecule is CCOC1(C(Cc2cccs2)NC)CCCCCC1. The van der Waals surface area contributed by atoms with Gasteiger partial charge in [0.2, 0.25) is 0 Å². The Morgan fingerprint density at radius 2 is 2.05 bits per heavy atom. The predicted octanol–water partition coefficient (Wildman–Crippen LogP) is 4.01. The van der Waals surface area contributed by atoms with Crippen LogP contribution in [-0.4, -0.2) is 25.3 Å². The van der Waals surface area contributed by atoms with Crippen LogP contribution in [0.15, 0.2) is 17.5 Å². The highest BCUT2D eigenvalue weighted by Crippen LogP contribution is 2.35. The summed E-state index contributed by atoms with van der Waals surface area (Å²) < 4.78 is 6.29. The molecule has 1 fully saturated rings. The fraction of sp³-hybridized carbons (Fsp3) is 0.750. The average molecular weight is 281 g/mol. The van der Waals surface area contributed by atoms with Crippen LogP contribution in [0.1, 0.15) is 50.3 Å². The molecule has 19 heavy (non-hydrogen) atoms. The van der Waals surface area contributed by atoms with Crippen LogP contribution in [0, 0.1) is 0 Å². The molecule has 2 nitrogen and oxygen atoms in total. The lowest BCUT2D eigenvalue weighted by atomic mass is 9.84. The molecule has 1 atom stereocenters. The van der Waals surface area contributed by atoms with Gasteiger partial charge in [-0.1, -0.05) is 31.7 Å². The molecule has 0 aromatic carbocycles. The zero-order valence-electron chi connectivity index (χ0n) is 12.3. The van der Waals surface area contributed by atoms with E-state index in [2.05, 4.69) is 36.8 Å². The van der Waals surface area contributed by atoms with Crippen LogP contribution in [0.2, 0.25) is 0 Å². The summed E-state index contributed by atoms with van der Waals surface area (Å²) in [5, 5.41) is 5.71. The van der Waals surface area contributed by atoms with Crippen molar-refractivity contribution < 1.29 is 4.74 Å². The standard InChI is InChI=1S/C16H27NOS/c1-3-18-16(10-6-4-5-7-11-16)15(17-2)13-14-9-8-12-19-14/h8-9,12,15,17H,3-7,10-11,13H2,1-2H3. The molecule has 0 saturated heterocycles. The third kappa shape index (κ3) is 3.80. The molecule has 1 aliphatic rings. The highest BCUT2D eigenvalue weighted by Gasteiger charge is 2.39. The van der Waals surface area contributed by atoms with E-state index in [1.165, 1.54) is 43.4 Å². The van der Waals surface area contributed by atoms with Crippen molar-refractivity contribution in [1.29, 1.82) is 0 Å². The number of nitrogens with one attached hydrogen (secondary N) is 1. The first-order valence-corrected chi connectivity index (χ1v) is 8.52. The zero-order valence-corrected chi connectivity index (χ0v) is 13.1. The van der Waals surface area contributed by atoms with E-state index >= 15 is 0 Å². The van der Waals surface area contributed by atoms with Gasteiger partial charge in [-0.3, -0.25) is 0 Å². The minimum absolute atomic E-state index is 0.0456. The second-order valence-electron chi connectivity index (χ2n) is 5.54. The van der Waals surface area contributed by atoms with Gasteiger partial charge in [0.1, 0.15) is 0 Å². The molecular formula is C16H27NOS. The van der Waals surface area contributed by atoms with E-state index in [1.807, 2.05) is 11.3 Å². The van der Waals surface area contributed by atoms with Crippen LogP contribution in [-0.2, 0) is 11.2 Å². The first-order chi connectivity index (χ1) is 9.30. The van der Waals surface area contributed by atoms with Crippen LogP contribution < -0.4 is 5.32 Å². The van der Waals surface area contributed by atoms with Crippen molar-refractivity contribution in [3.8, 4) is 0 Å². The molecule has 108 valence electrons. The Kier molecular flexibility index (Phi) is 5.86. The number of thiophene rings is 1. The molecule has 1 saturated carbocycles. The molecule has 1 N–H and O–H groups in total. The number of likely N-dealkylation sites (N-methyl/N-ethyl adjacent to an activating group) is 1. The fourth-order valence-corrected chi connectivity index (χ4v) is 4.14. The number of hydrogen-bond donors (Lipinski definition) is 1. The number of hydrogen-bond acceptors (Lipinski definition) is 3. The van der Waals surface area contributed by atoms with Gasteiger partial charge in [-0.05, 0) is 44.7 Å². The van der Waals surface area contributed by atoms with Crippen molar-refractivity contribution in [3.05, 3.63) is 22.4 Å². The summed E-state index contributed by atoms with van der Waals surface area (Å²) in [5.74, 6) is 0. The first-order valence-electron chi connectivity index (χ1n) is 7.64. The third-order valence-electron chi connectivity index (χ3n) is 4.35. The molecule has 0 spiro atoms. The van der Waals surface area contributed by atoms with Crippen LogP contribution >= 0.6 is 11.3 Å². The van der Waals surface area contributed by atoms with Crippen molar-refractivity contribution in [1.82, 2.24) is 5.32 Å². The molecule has 0 radical (unpaired) electrons. The van der Waals surface area contributed by atoms with Gasteiger partial charge in [0, 0.05) is 17.5 Å². The zero-order chi connectivity index (χ0) is 13.6. The van der Waals surface area contributed by atoms with Crippen molar-refractivity contribution in [2.75, 3.05) is 13.7 Å². The lowest BCUT2D eigenvalue weighted by Crippen LogP contribution is -2.52. The normalized spacial score (nSPS) is 20.9. The van der Waals surface area contributed by atoms with E-state index in [-0.39, 0.29) is 5.60 Å². The van der Waals surface area contributed by atoms with E-state index in [0.717, 1.165) is 13.0 Å². The molecule has 0 aliphatic heterocycles. The smallest absolute Gasteiger partial charge is 0.0838 e. The first kappa shape index (κ1) is 15.0. The summed E-state index contributed by atoms with van der Waals surface area (Å²) in [6, 6.07) is 4.82. The van der Waals surface area contributed by atoms with Gasteiger partial charge in [-0.15, -0.1) is 11.3 Å². The fourth-order valence-electron chi connectivity index (χ4n) is 3.39. The molecule has 1 unspecified atom stereocenters. The minimum atomic E-state index is 0.0456. The number of ether oxygens (including phenoxy) is 1. The van der Waals surface area contributed by atoms with Gasteiger partial charge < -0.3 is 10.1 Å². The highest BCUT2D eigenvalue weighted by atomic mass is 32.1. The lowest BCUT2D eigenvalue weighted by molar-refractivity contribution is -0.0751. The summed E-state index contributed by atoms with van der Waals surface area (Å²) in [7, 11) is 2.09. The molecule has 1 aromatic heterocycles. The Morgan fingerprint density at radius 1 is 1.32 bits per heavy atom. The third-order valence-corrected chi connectivity index (χ3v) is 5.25. The highest BCUT2D eigenvalue weighted by molar-refractivity contribution is 7.09. The minimum Gasteiger partial charge on any atom is -0.374 e. The van der Waals surface area contributed by atoms with E-state index in [9.17, 15) is 0 Å². The quantitative estimate of drug-likeness (QED) is 0.796. The van der Waals surface area contributed by atoms with Crippen LogP contribution in [0.5, 0.6) is 0 Å². The van der Waals surface area contributed by atoms with Gasteiger partial charge in [0.15, 0.2) is 0 Å². The summed E-state index contributed by atoms with van der Waals surface area (Å²) in [5.41, 5.74) is 0.0456. The van der Waals surface area contributed by atoms with Crippen LogP contribution in [0.4, 0.5) is 0 Å². The van der Waals surface area contributed by atoms with E-state index < -0.39 is 0 Å². The lowest BCUT2D eigenvalue weighted by Gasteiger charge is -2.40. The largest absolute Gasteiger partial charge is 0.374 e. The Morgan fingerprint density at radius 3 is 2.58 bits per heavy atom. The Labute approximate surface area is 121 Å². The van der Waals surface area contributed by atoms with Crippen molar-refractivity contribution >= 4 is 11.3 Å². The van der Waals surface area contributed by atoms with E-state index in [0.29, 0.717) is 6.04 Å². The van der Waals surface area contributed by atoms with Gasteiger partial charge >= 0.3 is 0 Å². The van der Waals surface area contributed by atoms with Crippen molar-refractivity contribution in [2.45, 2.75) is 63.5 Å². The summed E-state index contributed by atoms with van der Waals surface area (Å²) in [6.07, 6.45) is 8.85. The maximum Gasteiger partial charge on any atom is 0.0838 e. The maximum atomic E-state index is 6.29. The molecule has 0 amide bonds. The second-order valence-corrected chi connectivity index (χ2v) is 6.57. The van der Waals surface area contributed by atoms with Gasteiger partial charge in [0.05, 0.1) is 5.60 Å². The molecular weight excluding hydrogens is 254 g/mol. The topological polar surface area (TPSA) is 21.3 Å². The predicted molar refractivity (Wildman–Crippen MR) is 82.9 cm³/mol. The molecule has 2 rings (SSSR count). The molecule has 1 heterocycles. The summed E-state index contributed by atoms with van der Waals surface area (Å²) in [6.45, 7) is 2.95. The van der Waals surface area contributed by atoms with Gasteiger partial charge in [0.25, 0.3) is 0 Å². The molecule has 3 heteroatoms. The second kappa shape index (κ2) is 7.41. The number of rotatable bonds is 6. The van der Waals surface area contributed by atoms with E-state index in [1.54, 1.807) is 0 Å². The molecule has 0 bridgehead atoms. The maximum absolute atomic E-state index is 6.29.